The Morgan fingerprint density at radius 3 is 2.76 bits per heavy atom. The second-order valence-electron chi connectivity index (χ2n) is 5.30. The first-order valence-electron chi connectivity index (χ1n) is 6.78. The van der Waals surface area contributed by atoms with Gasteiger partial charge in [0.05, 0.1) is 17.6 Å². The molecule has 1 fully saturated rings. The lowest BCUT2D eigenvalue weighted by Gasteiger charge is -2.33. The third kappa shape index (κ3) is 3.07. The van der Waals surface area contributed by atoms with Crippen molar-refractivity contribution in [2.45, 2.75) is 19.8 Å². The predicted molar refractivity (Wildman–Crippen MR) is 77.2 cm³/mol. The maximum absolute atomic E-state index is 11.3. The van der Waals surface area contributed by atoms with E-state index in [1.165, 1.54) is 13.2 Å². The number of hydrogen-bond acceptors (Lipinski definition) is 5. The monoisotopic (exact) mass is 294 g/mol. The van der Waals surface area contributed by atoms with E-state index >= 15 is 0 Å². The molecule has 114 valence electrons. The van der Waals surface area contributed by atoms with E-state index in [4.69, 9.17) is 9.84 Å². The van der Waals surface area contributed by atoms with Crippen molar-refractivity contribution in [2.24, 2.45) is 5.92 Å². The van der Waals surface area contributed by atoms with E-state index in [9.17, 15) is 14.9 Å². The first kappa shape index (κ1) is 15.1. The number of hydrogen-bond donors (Lipinski definition) is 1. The van der Waals surface area contributed by atoms with E-state index in [1.54, 1.807) is 0 Å². The van der Waals surface area contributed by atoms with Crippen molar-refractivity contribution in [2.75, 3.05) is 25.1 Å². The van der Waals surface area contributed by atoms with Gasteiger partial charge in [-0.05, 0) is 24.8 Å². The number of ether oxygens (including phenoxy) is 1. The Morgan fingerprint density at radius 1 is 1.52 bits per heavy atom. The topological polar surface area (TPSA) is 92.9 Å². The number of carbonyl (C=O) groups is 1. The van der Waals surface area contributed by atoms with Crippen LogP contribution in [0.4, 0.5) is 11.4 Å². The highest BCUT2D eigenvalue weighted by atomic mass is 16.6. The highest BCUT2D eigenvalue weighted by Crippen LogP contribution is 2.40. The summed E-state index contributed by atoms with van der Waals surface area (Å²) >= 11 is 0. The number of anilines is 1. The number of carboxylic acids is 1. The maximum Gasteiger partial charge on any atom is 0.336 e. The molecule has 0 saturated carbocycles. The molecule has 1 aliphatic heterocycles. The van der Waals surface area contributed by atoms with Gasteiger partial charge in [-0.3, -0.25) is 10.1 Å². The summed E-state index contributed by atoms with van der Waals surface area (Å²) in [5, 5.41) is 20.4. The molecule has 7 nitrogen and oxygen atoms in total. The number of nitro benzene ring substituents is 1. The zero-order chi connectivity index (χ0) is 15.6. The number of nitrogens with zero attached hydrogens (tertiary/aromatic N) is 2. The van der Waals surface area contributed by atoms with Crippen LogP contribution in [0.15, 0.2) is 12.1 Å². The Kier molecular flexibility index (Phi) is 4.30. The van der Waals surface area contributed by atoms with Crippen molar-refractivity contribution in [3.8, 4) is 5.75 Å². The quantitative estimate of drug-likeness (QED) is 0.677. The van der Waals surface area contributed by atoms with Crippen LogP contribution in [0.2, 0.25) is 0 Å². The molecule has 1 heterocycles. The van der Waals surface area contributed by atoms with E-state index in [2.05, 4.69) is 6.92 Å². The molecule has 1 unspecified atom stereocenters. The third-order valence-electron chi connectivity index (χ3n) is 3.69. The van der Waals surface area contributed by atoms with Gasteiger partial charge in [-0.25, -0.2) is 4.79 Å². The van der Waals surface area contributed by atoms with Crippen molar-refractivity contribution in [3.63, 3.8) is 0 Å². The summed E-state index contributed by atoms with van der Waals surface area (Å²) in [5.74, 6) is -0.548. The lowest BCUT2D eigenvalue weighted by molar-refractivity contribution is -0.384. The van der Waals surface area contributed by atoms with Crippen LogP contribution in [0.1, 0.15) is 30.1 Å². The van der Waals surface area contributed by atoms with Crippen LogP contribution in [-0.4, -0.2) is 36.2 Å². The van der Waals surface area contributed by atoms with E-state index < -0.39 is 10.9 Å². The number of piperidine rings is 1. The van der Waals surface area contributed by atoms with Crippen molar-refractivity contribution in [1.29, 1.82) is 0 Å². The molecule has 1 aromatic rings. The van der Waals surface area contributed by atoms with Crippen LogP contribution < -0.4 is 9.64 Å². The zero-order valence-electron chi connectivity index (χ0n) is 12.0. The van der Waals surface area contributed by atoms with Crippen molar-refractivity contribution >= 4 is 17.3 Å². The van der Waals surface area contributed by atoms with Crippen LogP contribution in [-0.2, 0) is 0 Å². The Balaban J connectivity index is 2.56. The van der Waals surface area contributed by atoms with Crippen molar-refractivity contribution in [3.05, 3.63) is 27.8 Å². The van der Waals surface area contributed by atoms with Gasteiger partial charge in [0.1, 0.15) is 5.75 Å². The normalized spacial score (nSPS) is 18.4. The molecule has 2 rings (SSSR count). The average Bonchev–Trinajstić information content (AvgIpc) is 2.45. The Morgan fingerprint density at radius 2 is 2.24 bits per heavy atom. The SMILES string of the molecule is COc1cc(C(=O)O)cc([N+](=O)[O-])c1N1CCCC(C)C1. The zero-order valence-corrected chi connectivity index (χ0v) is 12.0. The van der Waals surface area contributed by atoms with E-state index in [0.717, 1.165) is 18.9 Å². The minimum Gasteiger partial charge on any atom is -0.494 e. The van der Waals surface area contributed by atoms with Gasteiger partial charge in [0, 0.05) is 19.2 Å². The predicted octanol–water partition coefficient (Wildman–Crippen LogP) is 2.54. The number of rotatable bonds is 4. The fraction of sp³-hybridized carbons (Fsp3) is 0.500. The molecule has 1 atom stereocenters. The molecule has 0 amide bonds. The van der Waals surface area contributed by atoms with Crippen LogP contribution in [0.3, 0.4) is 0 Å². The molecule has 1 aromatic carbocycles. The standard InChI is InChI=1S/C14H18N2O5/c1-9-4-3-5-15(8-9)13-11(16(19)20)6-10(14(17)18)7-12(13)21-2/h6-7,9H,3-5,8H2,1-2H3,(H,17,18). The molecule has 1 N–H and O–H groups in total. The van der Waals surface area contributed by atoms with Gasteiger partial charge in [0.2, 0.25) is 0 Å². The molecule has 1 aliphatic rings. The Hall–Kier alpha value is -2.31. The molecule has 0 bridgehead atoms. The fourth-order valence-electron chi connectivity index (χ4n) is 2.72. The minimum atomic E-state index is -1.21. The van der Waals surface area contributed by atoms with Crippen LogP contribution in [0, 0.1) is 16.0 Å². The first-order chi connectivity index (χ1) is 9.93. The smallest absolute Gasteiger partial charge is 0.336 e. The molecule has 0 aromatic heterocycles. The fourth-order valence-corrected chi connectivity index (χ4v) is 2.72. The highest BCUT2D eigenvalue weighted by molar-refractivity contribution is 5.91. The lowest BCUT2D eigenvalue weighted by atomic mass is 9.99. The van der Waals surface area contributed by atoms with Crippen molar-refractivity contribution < 1.29 is 19.6 Å². The average molecular weight is 294 g/mol. The Labute approximate surface area is 122 Å². The van der Waals surface area contributed by atoms with E-state index in [0.29, 0.717) is 24.7 Å². The maximum atomic E-state index is 11.3. The number of carboxylic acid groups (broad SMARTS) is 1. The summed E-state index contributed by atoms with van der Waals surface area (Å²) in [6, 6.07) is 2.43. The number of aromatic carboxylic acids is 1. The second-order valence-corrected chi connectivity index (χ2v) is 5.30. The van der Waals surface area contributed by atoms with Crippen molar-refractivity contribution in [1.82, 2.24) is 0 Å². The molecule has 21 heavy (non-hydrogen) atoms. The van der Waals surface area contributed by atoms with Gasteiger partial charge in [-0.15, -0.1) is 0 Å². The minimum absolute atomic E-state index is 0.146. The van der Waals surface area contributed by atoms with Gasteiger partial charge < -0.3 is 14.7 Å². The number of benzene rings is 1. The van der Waals surface area contributed by atoms with Gasteiger partial charge in [0.25, 0.3) is 5.69 Å². The lowest BCUT2D eigenvalue weighted by Crippen LogP contribution is -2.35. The second kappa shape index (κ2) is 5.99. The molecular formula is C14H18N2O5. The molecular weight excluding hydrogens is 276 g/mol. The summed E-state index contributed by atoms with van der Waals surface area (Å²) in [6.07, 6.45) is 2.03. The van der Waals surface area contributed by atoms with Crippen LogP contribution >= 0.6 is 0 Å². The molecule has 0 aliphatic carbocycles. The third-order valence-corrected chi connectivity index (χ3v) is 3.69. The summed E-state index contributed by atoms with van der Waals surface area (Å²) < 4.78 is 5.21. The van der Waals surface area contributed by atoms with Crippen LogP contribution in [0.5, 0.6) is 5.75 Å². The summed E-state index contributed by atoms with van der Waals surface area (Å²) in [4.78, 5) is 23.8. The largest absolute Gasteiger partial charge is 0.494 e. The van der Waals surface area contributed by atoms with Gasteiger partial charge >= 0.3 is 5.97 Å². The molecule has 1 saturated heterocycles. The van der Waals surface area contributed by atoms with Gasteiger partial charge in [-0.2, -0.15) is 0 Å². The van der Waals surface area contributed by atoms with E-state index in [-0.39, 0.29) is 17.0 Å². The summed E-state index contributed by atoms with van der Waals surface area (Å²) in [5.41, 5.74) is 0.00672. The summed E-state index contributed by atoms with van der Waals surface area (Å²) in [6.45, 7) is 3.49. The van der Waals surface area contributed by atoms with E-state index in [1.807, 2.05) is 4.90 Å². The number of methoxy groups -OCH3 is 1. The number of nitro groups is 1. The summed E-state index contributed by atoms with van der Waals surface area (Å²) in [7, 11) is 1.39. The molecule has 0 spiro atoms. The van der Waals surface area contributed by atoms with Gasteiger partial charge in [0.15, 0.2) is 5.69 Å². The van der Waals surface area contributed by atoms with Crippen LogP contribution in [0.25, 0.3) is 0 Å². The molecule has 0 radical (unpaired) electrons. The van der Waals surface area contributed by atoms with Gasteiger partial charge in [-0.1, -0.05) is 6.92 Å². The molecule has 7 heteroatoms. The Bertz CT molecular complexity index is 573. The highest BCUT2D eigenvalue weighted by Gasteiger charge is 2.29. The first-order valence-corrected chi connectivity index (χ1v) is 6.78.